The first kappa shape index (κ1) is 12.8. The Morgan fingerprint density at radius 2 is 2.17 bits per heavy atom. The van der Waals surface area contributed by atoms with Gasteiger partial charge < -0.3 is 10.5 Å². The molecule has 0 amide bonds. The molecule has 1 aromatic heterocycles. The lowest BCUT2D eigenvalue weighted by atomic mass is 10.1. The summed E-state index contributed by atoms with van der Waals surface area (Å²) in [4.78, 5) is 4.11. The summed E-state index contributed by atoms with van der Waals surface area (Å²) in [6.07, 6.45) is 1.60. The van der Waals surface area contributed by atoms with Crippen LogP contribution in [0.5, 0.6) is 11.6 Å². The average Bonchev–Trinajstić information content (AvgIpc) is 2.34. The summed E-state index contributed by atoms with van der Waals surface area (Å²) in [6.45, 7) is 1.83. The van der Waals surface area contributed by atoms with Gasteiger partial charge in [0.05, 0.1) is 5.02 Å². The second-order valence-electron chi connectivity index (χ2n) is 3.86. The van der Waals surface area contributed by atoms with Crippen LogP contribution in [0.1, 0.15) is 18.5 Å². The number of aromatic nitrogens is 1. The van der Waals surface area contributed by atoms with E-state index < -0.39 is 5.82 Å². The van der Waals surface area contributed by atoms with E-state index >= 15 is 0 Å². The third kappa shape index (κ3) is 2.78. The van der Waals surface area contributed by atoms with Crippen LogP contribution in [0.2, 0.25) is 5.02 Å². The molecule has 94 valence electrons. The Hall–Kier alpha value is -1.65. The second kappa shape index (κ2) is 5.33. The van der Waals surface area contributed by atoms with Crippen molar-refractivity contribution in [2.45, 2.75) is 13.0 Å². The number of nitrogens with two attached hydrogens (primary N) is 1. The smallest absolute Gasteiger partial charge is 0.223 e. The van der Waals surface area contributed by atoms with Gasteiger partial charge in [0.25, 0.3) is 0 Å². The van der Waals surface area contributed by atoms with Crippen LogP contribution in [0, 0.1) is 5.82 Å². The first-order valence-electron chi connectivity index (χ1n) is 5.41. The fraction of sp³-hybridized carbons (Fsp3) is 0.154. The molecule has 3 nitrogen and oxygen atoms in total. The Morgan fingerprint density at radius 1 is 1.39 bits per heavy atom. The monoisotopic (exact) mass is 266 g/mol. The minimum Gasteiger partial charge on any atom is -0.439 e. The first-order chi connectivity index (χ1) is 8.58. The minimum atomic E-state index is -0.488. The molecule has 2 aromatic rings. The van der Waals surface area contributed by atoms with Gasteiger partial charge in [-0.05, 0) is 25.1 Å². The number of halogens is 2. The fourth-order valence-corrected chi connectivity index (χ4v) is 1.66. The second-order valence-corrected chi connectivity index (χ2v) is 4.27. The van der Waals surface area contributed by atoms with Gasteiger partial charge in [-0.25, -0.2) is 9.37 Å². The summed E-state index contributed by atoms with van der Waals surface area (Å²) >= 11 is 5.68. The Labute approximate surface area is 109 Å². The lowest BCUT2D eigenvalue weighted by molar-refractivity contribution is 0.450. The molecule has 0 fully saturated rings. The maximum Gasteiger partial charge on any atom is 0.223 e. The van der Waals surface area contributed by atoms with Gasteiger partial charge in [-0.3, -0.25) is 0 Å². The van der Waals surface area contributed by atoms with E-state index in [1.54, 1.807) is 12.3 Å². The number of hydrogen-bond donors (Lipinski definition) is 1. The van der Waals surface area contributed by atoms with E-state index in [4.69, 9.17) is 22.1 Å². The predicted molar refractivity (Wildman–Crippen MR) is 68.3 cm³/mol. The van der Waals surface area contributed by atoms with Crippen molar-refractivity contribution < 1.29 is 9.13 Å². The van der Waals surface area contributed by atoms with Gasteiger partial charge in [0.2, 0.25) is 5.88 Å². The number of pyridine rings is 1. The van der Waals surface area contributed by atoms with E-state index in [9.17, 15) is 4.39 Å². The molecule has 0 radical (unpaired) electrons. The van der Waals surface area contributed by atoms with Crippen LogP contribution < -0.4 is 10.5 Å². The zero-order valence-corrected chi connectivity index (χ0v) is 10.5. The zero-order chi connectivity index (χ0) is 13.1. The van der Waals surface area contributed by atoms with E-state index in [2.05, 4.69) is 4.98 Å². The van der Waals surface area contributed by atoms with Crippen molar-refractivity contribution in [1.29, 1.82) is 0 Å². The number of ether oxygens (including phenoxy) is 1. The van der Waals surface area contributed by atoms with Crippen molar-refractivity contribution >= 4 is 11.6 Å². The summed E-state index contributed by atoms with van der Waals surface area (Å²) in [5.74, 6) is 0.328. The quantitative estimate of drug-likeness (QED) is 0.922. The highest BCUT2D eigenvalue weighted by atomic mass is 35.5. The highest BCUT2D eigenvalue weighted by Crippen LogP contribution is 2.28. The maximum atomic E-state index is 13.0. The van der Waals surface area contributed by atoms with E-state index in [0.29, 0.717) is 11.6 Å². The molecule has 5 heteroatoms. The van der Waals surface area contributed by atoms with Crippen molar-refractivity contribution in [3.63, 3.8) is 0 Å². The summed E-state index contributed by atoms with van der Waals surface area (Å²) < 4.78 is 18.6. The van der Waals surface area contributed by atoms with Gasteiger partial charge >= 0.3 is 0 Å². The molecule has 1 unspecified atom stereocenters. The lowest BCUT2D eigenvalue weighted by Crippen LogP contribution is -2.07. The first-order valence-corrected chi connectivity index (χ1v) is 5.79. The Kier molecular flexibility index (Phi) is 3.79. The van der Waals surface area contributed by atoms with Crippen molar-refractivity contribution in [3.8, 4) is 11.6 Å². The standard InChI is InChI=1S/C13H12ClFN2O/c1-8(16)10-3-2-6-17-13(10)18-9-4-5-12(15)11(14)7-9/h2-8H,16H2,1H3. The van der Waals surface area contributed by atoms with E-state index in [1.807, 2.05) is 13.0 Å². The van der Waals surface area contributed by atoms with Crippen molar-refractivity contribution in [3.05, 3.63) is 52.9 Å². The zero-order valence-electron chi connectivity index (χ0n) is 9.73. The number of rotatable bonds is 3. The molecular formula is C13H12ClFN2O. The van der Waals surface area contributed by atoms with Gasteiger partial charge in [0.1, 0.15) is 11.6 Å². The number of benzene rings is 1. The van der Waals surface area contributed by atoms with Crippen LogP contribution in [-0.4, -0.2) is 4.98 Å². The summed E-state index contributed by atoms with van der Waals surface area (Å²) in [6, 6.07) is 7.54. The third-order valence-electron chi connectivity index (χ3n) is 2.40. The van der Waals surface area contributed by atoms with Crippen LogP contribution in [0.3, 0.4) is 0 Å². The van der Waals surface area contributed by atoms with Crippen molar-refractivity contribution in [2.24, 2.45) is 5.73 Å². The van der Waals surface area contributed by atoms with Gasteiger partial charge in [-0.15, -0.1) is 0 Å². The summed E-state index contributed by atoms with van der Waals surface area (Å²) in [5.41, 5.74) is 6.59. The Morgan fingerprint density at radius 3 is 2.83 bits per heavy atom. The normalized spacial score (nSPS) is 12.2. The third-order valence-corrected chi connectivity index (χ3v) is 2.69. The molecule has 18 heavy (non-hydrogen) atoms. The molecule has 0 saturated carbocycles. The highest BCUT2D eigenvalue weighted by molar-refractivity contribution is 6.30. The topological polar surface area (TPSA) is 48.1 Å². The molecule has 0 saturated heterocycles. The van der Waals surface area contributed by atoms with Gasteiger partial charge in [0.15, 0.2) is 0 Å². The van der Waals surface area contributed by atoms with E-state index in [-0.39, 0.29) is 11.1 Å². The van der Waals surface area contributed by atoms with Crippen LogP contribution in [0.15, 0.2) is 36.5 Å². The van der Waals surface area contributed by atoms with Crippen LogP contribution >= 0.6 is 11.6 Å². The fourth-order valence-electron chi connectivity index (χ4n) is 1.49. The predicted octanol–water partition coefficient (Wildman–Crippen LogP) is 3.69. The van der Waals surface area contributed by atoms with Gasteiger partial charge in [-0.1, -0.05) is 17.7 Å². The SMILES string of the molecule is CC(N)c1cccnc1Oc1ccc(F)c(Cl)c1. The molecule has 2 rings (SSSR count). The summed E-state index contributed by atoms with van der Waals surface area (Å²) in [5, 5.41) is 0.00535. The molecule has 1 heterocycles. The Balaban J connectivity index is 2.31. The molecule has 0 aliphatic heterocycles. The van der Waals surface area contributed by atoms with Gasteiger partial charge in [0, 0.05) is 23.9 Å². The van der Waals surface area contributed by atoms with Crippen LogP contribution in [-0.2, 0) is 0 Å². The molecule has 0 spiro atoms. The van der Waals surface area contributed by atoms with E-state index in [1.165, 1.54) is 18.2 Å². The highest BCUT2D eigenvalue weighted by Gasteiger charge is 2.10. The molecule has 0 aliphatic rings. The number of nitrogens with zero attached hydrogens (tertiary/aromatic N) is 1. The van der Waals surface area contributed by atoms with E-state index in [0.717, 1.165) is 5.56 Å². The van der Waals surface area contributed by atoms with Crippen molar-refractivity contribution in [2.75, 3.05) is 0 Å². The minimum absolute atomic E-state index is 0.00535. The van der Waals surface area contributed by atoms with Crippen molar-refractivity contribution in [1.82, 2.24) is 4.98 Å². The maximum absolute atomic E-state index is 13.0. The van der Waals surface area contributed by atoms with Gasteiger partial charge in [-0.2, -0.15) is 0 Å². The molecule has 1 aromatic carbocycles. The molecule has 0 bridgehead atoms. The molecule has 0 aliphatic carbocycles. The lowest BCUT2D eigenvalue weighted by Gasteiger charge is -2.12. The largest absolute Gasteiger partial charge is 0.439 e. The molecule has 1 atom stereocenters. The Bertz CT molecular complexity index is 560. The molecular weight excluding hydrogens is 255 g/mol. The summed E-state index contributed by atoms with van der Waals surface area (Å²) in [7, 11) is 0. The molecule has 2 N–H and O–H groups in total. The van der Waals surface area contributed by atoms with Crippen LogP contribution in [0.4, 0.5) is 4.39 Å². The number of hydrogen-bond acceptors (Lipinski definition) is 3. The van der Waals surface area contributed by atoms with Crippen LogP contribution in [0.25, 0.3) is 0 Å². The average molecular weight is 267 g/mol.